The van der Waals surface area contributed by atoms with Gasteiger partial charge in [-0.25, -0.2) is 9.59 Å². The zero-order chi connectivity index (χ0) is 19.1. The molecular formula is C20H24O6. The Morgan fingerprint density at radius 2 is 1.46 bits per heavy atom. The summed E-state index contributed by atoms with van der Waals surface area (Å²) in [6.07, 6.45) is -0.127. The minimum atomic E-state index is -0.769. The quantitative estimate of drug-likeness (QED) is 0.531. The third kappa shape index (κ3) is 4.45. The van der Waals surface area contributed by atoms with E-state index < -0.39 is 12.3 Å². The average molecular weight is 360 g/mol. The summed E-state index contributed by atoms with van der Waals surface area (Å²) >= 11 is 0. The highest BCUT2D eigenvalue weighted by Crippen LogP contribution is 2.38. The van der Waals surface area contributed by atoms with E-state index >= 15 is 0 Å². The van der Waals surface area contributed by atoms with Gasteiger partial charge in [-0.1, -0.05) is 26.0 Å². The van der Waals surface area contributed by atoms with Crippen molar-refractivity contribution < 1.29 is 28.5 Å². The van der Waals surface area contributed by atoms with Crippen LogP contribution in [0.5, 0.6) is 11.5 Å². The summed E-state index contributed by atoms with van der Waals surface area (Å²) in [5, 5.41) is 1.35. The Balaban J connectivity index is 2.61. The highest BCUT2D eigenvalue weighted by Gasteiger charge is 2.19. The molecule has 0 unspecified atom stereocenters. The molecule has 0 atom stereocenters. The van der Waals surface area contributed by atoms with Gasteiger partial charge in [-0.05, 0) is 49.9 Å². The van der Waals surface area contributed by atoms with Gasteiger partial charge in [0, 0.05) is 10.8 Å². The molecule has 6 heteroatoms. The molecule has 6 nitrogen and oxygen atoms in total. The second kappa shape index (κ2) is 9.08. The molecule has 0 radical (unpaired) electrons. The Morgan fingerprint density at radius 3 is 2.04 bits per heavy atom. The van der Waals surface area contributed by atoms with E-state index in [0.717, 1.165) is 17.5 Å². The van der Waals surface area contributed by atoms with Gasteiger partial charge < -0.3 is 18.9 Å². The van der Waals surface area contributed by atoms with Gasteiger partial charge in [-0.3, -0.25) is 0 Å². The van der Waals surface area contributed by atoms with Gasteiger partial charge in [0.05, 0.1) is 13.2 Å². The highest BCUT2D eigenvalue weighted by atomic mass is 16.7. The third-order valence-electron chi connectivity index (χ3n) is 3.88. The summed E-state index contributed by atoms with van der Waals surface area (Å²) in [5.41, 5.74) is 1.81. The van der Waals surface area contributed by atoms with E-state index in [1.807, 2.05) is 32.0 Å². The van der Waals surface area contributed by atoms with Gasteiger partial charge in [0.25, 0.3) is 0 Å². The molecule has 2 aromatic carbocycles. The van der Waals surface area contributed by atoms with Crippen molar-refractivity contribution in [2.75, 3.05) is 13.2 Å². The van der Waals surface area contributed by atoms with Crippen LogP contribution >= 0.6 is 0 Å². The number of benzene rings is 2. The molecule has 0 fully saturated rings. The Labute approximate surface area is 153 Å². The van der Waals surface area contributed by atoms with E-state index in [2.05, 4.69) is 0 Å². The van der Waals surface area contributed by atoms with E-state index in [4.69, 9.17) is 18.9 Å². The topological polar surface area (TPSA) is 71.1 Å². The Hall–Kier alpha value is -2.76. The molecule has 2 aromatic rings. The smallest absolute Gasteiger partial charge is 0.434 e. The van der Waals surface area contributed by atoms with Gasteiger partial charge in [0.2, 0.25) is 0 Å². The van der Waals surface area contributed by atoms with Crippen LogP contribution in [0.25, 0.3) is 10.8 Å². The maximum Gasteiger partial charge on any atom is 0.513 e. The molecule has 0 amide bonds. The van der Waals surface area contributed by atoms with Crippen molar-refractivity contribution in [3.05, 3.63) is 35.4 Å². The first-order valence-electron chi connectivity index (χ1n) is 8.81. The number of rotatable bonds is 6. The molecule has 0 bridgehead atoms. The largest absolute Gasteiger partial charge is 0.513 e. The molecule has 0 aliphatic carbocycles. The predicted octanol–water partition coefficient (Wildman–Crippen LogP) is 5.04. The molecule has 0 N–H and O–H groups in total. The van der Waals surface area contributed by atoms with Crippen molar-refractivity contribution in [1.82, 2.24) is 0 Å². The van der Waals surface area contributed by atoms with Gasteiger partial charge in [0.15, 0.2) is 0 Å². The van der Waals surface area contributed by atoms with Crippen LogP contribution in [0.1, 0.15) is 38.8 Å². The van der Waals surface area contributed by atoms with Gasteiger partial charge >= 0.3 is 12.3 Å². The lowest BCUT2D eigenvalue weighted by molar-refractivity contribution is 0.102. The van der Waals surface area contributed by atoms with Crippen molar-refractivity contribution in [3.63, 3.8) is 0 Å². The number of hydrogen-bond acceptors (Lipinski definition) is 6. The molecule has 26 heavy (non-hydrogen) atoms. The average Bonchev–Trinajstić information content (AvgIpc) is 2.63. The van der Waals surface area contributed by atoms with E-state index in [9.17, 15) is 9.59 Å². The lowest BCUT2D eigenvalue weighted by Crippen LogP contribution is -2.13. The fourth-order valence-electron chi connectivity index (χ4n) is 2.62. The Bertz CT molecular complexity index is 796. The molecule has 0 aliphatic rings. The van der Waals surface area contributed by atoms with Crippen LogP contribution < -0.4 is 9.47 Å². The molecule has 0 aliphatic heterocycles. The van der Waals surface area contributed by atoms with Gasteiger partial charge in [-0.2, -0.15) is 0 Å². The number of fused-ring (bicyclic) bond motifs is 1. The number of aryl methyl sites for hydroxylation is 2. The number of carbonyl (C=O) groups is 2. The SMILES string of the molecule is CCOC(=O)Oc1cc(CC)c(OC(=O)OCC)c2cc(CC)ccc12. The number of carbonyl (C=O) groups excluding carboxylic acids is 2. The second-order valence-corrected chi connectivity index (χ2v) is 5.52. The lowest BCUT2D eigenvalue weighted by atomic mass is 9.99. The van der Waals surface area contributed by atoms with Crippen molar-refractivity contribution >= 4 is 23.1 Å². The fourth-order valence-corrected chi connectivity index (χ4v) is 2.62. The molecule has 140 valence electrons. The lowest BCUT2D eigenvalue weighted by Gasteiger charge is -2.16. The number of hydrogen-bond donors (Lipinski definition) is 0. The first kappa shape index (κ1) is 19.6. The summed E-state index contributed by atoms with van der Waals surface area (Å²) in [6, 6.07) is 7.42. The molecule has 2 rings (SSSR count). The molecule has 0 saturated heterocycles. The van der Waals surface area contributed by atoms with Crippen LogP contribution in [0.3, 0.4) is 0 Å². The van der Waals surface area contributed by atoms with Gasteiger partial charge in [0.1, 0.15) is 11.5 Å². The van der Waals surface area contributed by atoms with E-state index in [1.165, 1.54) is 0 Å². The maximum absolute atomic E-state index is 11.9. The van der Waals surface area contributed by atoms with E-state index in [-0.39, 0.29) is 13.2 Å². The first-order valence-corrected chi connectivity index (χ1v) is 8.81. The zero-order valence-corrected chi connectivity index (χ0v) is 15.6. The summed E-state index contributed by atoms with van der Waals surface area (Å²) < 4.78 is 20.6. The van der Waals surface area contributed by atoms with Crippen LogP contribution in [0.2, 0.25) is 0 Å². The summed E-state index contributed by atoms with van der Waals surface area (Å²) in [5.74, 6) is 0.793. The predicted molar refractivity (Wildman–Crippen MR) is 98.0 cm³/mol. The standard InChI is InChI=1S/C20H24O6/c1-5-13-9-10-15-16(11-13)18(26-20(22)24-8-4)14(6-2)12-17(15)25-19(21)23-7-3/h9-12H,5-8H2,1-4H3. The van der Waals surface area contributed by atoms with E-state index in [1.54, 1.807) is 19.9 Å². The van der Waals surface area contributed by atoms with Crippen molar-refractivity contribution in [1.29, 1.82) is 0 Å². The molecule has 0 spiro atoms. The zero-order valence-electron chi connectivity index (χ0n) is 15.6. The van der Waals surface area contributed by atoms with Crippen LogP contribution in [-0.2, 0) is 22.3 Å². The third-order valence-corrected chi connectivity index (χ3v) is 3.88. The monoisotopic (exact) mass is 360 g/mol. The molecular weight excluding hydrogens is 336 g/mol. The molecule has 0 aromatic heterocycles. The summed E-state index contributed by atoms with van der Waals surface area (Å²) in [6.45, 7) is 7.83. The van der Waals surface area contributed by atoms with Crippen molar-refractivity contribution in [2.45, 2.75) is 40.5 Å². The minimum Gasteiger partial charge on any atom is -0.434 e. The van der Waals surface area contributed by atoms with Crippen LogP contribution in [0.4, 0.5) is 9.59 Å². The van der Waals surface area contributed by atoms with Crippen molar-refractivity contribution in [3.8, 4) is 11.5 Å². The molecule has 0 saturated carbocycles. The Morgan fingerprint density at radius 1 is 0.808 bits per heavy atom. The number of ether oxygens (including phenoxy) is 4. The molecule has 0 heterocycles. The second-order valence-electron chi connectivity index (χ2n) is 5.52. The summed E-state index contributed by atoms with van der Waals surface area (Å²) in [4.78, 5) is 23.7. The fraction of sp³-hybridized carbons (Fsp3) is 0.400. The van der Waals surface area contributed by atoms with Crippen molar-refractivity contribution in [2.24, 2.45) is 0 Å². The van der Waals surface area contributed by atoms with E-state index in [0.29, 0.717) is 28.7 Å². The van der Waals surface area contributed by atoms with Gasteiger partial charge in [-0.15, -0.1) is 0 Å². The normalized spacial score (nSPS) is 10.5. The van der Waals surface area contributed by atoms with Crippen LogP contribution in [-0.4, -0.2) is 25.5 Å². The minimum absolute atomic E-state index is 0.224. The highest BCUT2D eigenvalue weighted by molar-refractivity contribution is 5.97. The first-order chi connectivity index (χ1) is 12.5. The van der Waals surface area contributed by atoms with Crippen LogP contribution in [0, 0.1) is 0 Å². The maximum atomic E-state index is 11.9. The summed E-state index contributed by atoms with van der Waals surface area (Å²) in [7, 11) is 0. The van der Waals surface area contributed by atoms with Crippen LogP contribution in [0.15, 0.2) is 24.3 Å². The Kier molecular flexibility index (Phi) is 6.83.